The number of carbonyl (C=O) groups is 2. The van der Waals surface area contributed by atoms with Crippen LogP contribution in [0.5, 0.6) is 0 Å². The second-order valence-electron chi connectivity index (χ2n) is 5.66. The molecule has 0 spiro atoms. The predicted molar refractivity (Wildman–Crippen MR) is 101 cm³/mol. The predicted octanol–water partition coefficient (Wildman–Crippen LogP) is 6.04. The second kappa shape index (κ2) is 7.65. The zero-order valence-electron chi connectivity index (χ0n) is 13.9. The largest absolute Gasteiger partial charge is 0.478 e. The topological polar surface area (TPSA) is 66.4 Å². The average Bonchev–Trinajstić information content (AvgIpc) is 2.97. The summed E-state index contributed by atoms with van der Waals surface area (Å²) >= 11 is 7.00. The Bertz CT molecular complexity index is 1030. The van der Waals surface area contributed by atoms with Gasteiger partial charge in [-0.05, 0) is 29.8 Å². The number of hydrogen-bond acceptors (Lipinski definition) is 3. The molecule has 9 heteroatoms. The van der Waals surface area contributed by atoms with Crippen molar-refractivity contribution in [2.24, 2.45) is 0 Å². The van der Waals surface area contributed by atoms with E-state index in [4.69, 9.17) is 11.6 Å². The lowest BCUT2D eigenvalue weighted by Crippen LogP contribution is -2.13. The number of carboxylic acid groups (broad SMARTS) is 1. The molecule has 144 valence electrons. The Hall–Kier alpha value is -2.84. The summed E-state index contributed by atoms with van der Waals surface area (Å²) in [4.78, 5) is 24.1. The molecule has 3 aromatic rings. The van der Waals surface area contributed by atoms with Crippen molar-refractivity contribution in [1.29, 1.82) is 0 Å². The van der Waals surface area contributed by atoms with Crippen LogP contribution in [-0.4, -0.2) is 17.0 Å². The molecule has 1 heterocycles. The van der Waals surface area contributed by atoms with Gasteiger partial charge in [-0.1, -0.05) is 41.9 Å². The van der Waals surface area contributed by atoms with Crippen molar-refractivity contribution in [3.8, 4) is 11.1 Å². The van der Waals surface area contributed by atoms with E-state index in [1.165, 1.54) is 0 Å². The molecule has 28 heavy (non-hydrogen) atoms. The van der Waals surface area contributed by atoms with Gasteiger partial charge in [0.25, 0.3) is 5.91 Å². The number of aromatic carboxylic acids is 1. The number of alkyl halides is 3. The third-order valence-corrected chi connectivity index (χ3v) is 5.16. The van der Waals surface area contributed by atoms with Crippen LogP contribution in [0.15, 0.2) is 54.6 Å². The minimum atomic E-state index is -4.51. The summed E-state index contributed by atoms with van der Waals surface area (Å²) in [7, 11) is 0. The van der Waals surface area contributed by atoms with Gasteiger partial charge in [-0.3, -0.25) is 4.79 Å². The van der Waals surface area contributed by atoms with E-state index in [2.05, 4.69) is 5.32 Å². The van der Waals surface area contributed by atoms with Crippen molar-refractivity contribution >= 4 is 39.8 Å². The molecule has 2 aromatic carbocycles. The van der Waals surface area contributed by atoms with Gasteiger partial charge >= 0.3 is 12.1 Å². The smallest absolute Gasteiger partial charge is 0.416 e. The number of benzene rings is 2. The number of anilines is 1. The van der Waals surface area contributed by atoms with Gasteiger partial charge in [0, 0.05) is 11.1 Å². The third-order valence-electron chi connectivity index (χ3n) is 3.84. The maximum absolute atomic E-state index is 12.8. The highest BCUT2D eigenvalue weighted by atomic mass is 35.5. The summed E-state index contributed by atoms with van der Waals surface area (Å²) in [5, 5.41) is 12.1. The Kier molecular flexibility index (Phi) is 5.44. The molecule has 0 saturated carbocycles. The molecule has 0 radical (unpaired) electrons. The first kappa shape index (κ1) is 19.9. The fourth-order valence-corrected chi connectivity index (χ4v) is 3.92. The van der Waals surface area contributed by atoms with Gasteiger partial charge in [0.05, 0.1) is 5.56 Å². The average molecular weight is 426 g/mol. The van der Waals surface area contributed by atoms with Crippen LogP contribution in [0.25, 0.3) is 11.1 Å². The van der Waals surface area contributed by atoms with Crippen LogP contribution in [0, 0.1) is 0 Å². The van der Waals surface area contributed by atoms with Gasteiger partial charge < -0.3 is 10.4 Å². The number of carboxylic acids is 1. The lowest BCUT2D eigenvalue weighted by atomic mass is 10.0. The molecule has 0 aliphatic rings. The SMILES string of the molecule is O=C(Nc1sc(Cl)c(-c2ccc(C(F)(F)F)cc2)c1C(=O)O)c1ccccc1. The van der Waals surface area contributed by atoms with Crippen molar-refractivity contribution in [3.05, 3.63) is 75.6 Å². The summed E-state index contributed by atoms with van der Waals surface area (Å²) in [5.74, 6) is -1.89. The molecule has 1 aromatic heterocycles. The first-order valence-electron chi connectivity index (χ1n) is 7.78. The zero-order chi connectivity index (χ0) is 20.5. The van der Waals surface area contributed by atoms with Crippen LogP contribution < -0.4 is 5.32 Å². The lowest BCUT2D eigenvalue weighted by molar-refractivity contribution is -0.137. The summed E-state index contributed by atoms with van der Waals surface area (Å²) in [6.45, 7) is 0. The molecule has 0 fully saturated rings. The van der Waals surface area contributed by atoms with Crippen LogP contribution in [0.3, 0.4) is 0 Å². The number of amides is 1. The maximum atomic E-state index is 12.8. The molecule has 0 bridgehead atoms. The van der Waals surface area contributed by atoms with E-state index in [1.54, 1.807) is 30.3 Å². The Morgan fingerprint density at radius 1 is 1.00 bits per heavy atom. The Labute approximate surface area is 166 Å². The van der Waals surface area contributed by atoms with E-state index in [1.807, 2.05) is 0 Å². The van der Waals surface area contributed by atoms with Gasteiger partial charge in [-0.2, -0.15) is 13.2 Å². The fraction of sp³-hybridized carbons (Fsp3) is 0.0526. The van der Waals surface area contributed by atoms with E-state index in [0.29, 0.717) is 5.56 Å². The van der Waals surface area contributed by atoms with Gasteiger partial charge in [-0.15, -0.1) is 11.3 Å². The number of thiophene rings is 1. The fourth-order valence-electron chi connectivity index (χ4n) is 2.54. The molecule has 0 aliphatic carbocycles. The second-order valence-corrected chi connectivity index (χ2v) is 7.28. The summed E-state index contributed by atoms with van der Waals surface area (Å²) < 4.78 is 38.3. The van der Waals surface area contributed by atoms with E-state index in [9.17, 15) is 27.9 Å². The third kappa shape index (κ3) is 4.02. The highest BCUT2D eigenvalue weighted by Gasteiger charge is 2.31. The Morgan fingerprint density at radius 2 is 1.61 bits per heavy atom. The first-order chi connectivity index (χ1) is 13.2. The molecule has 0 atom stereocenters. The van der Waals surface area contributed by atoms with Crippen LogP contribution in [-0.2, 0) is 6.18 Å². The van der Waals surface area contributed by atoms with Crippen molar-refractivity contribution in [3.63, 3.8) is 0 Å². The molecule has 1 amide bonds. The highest BCUT2D eigenvalue weighted by molar-refractivity contribution is 7.21. The lowest BCUT2D eigenvalue weighted by Gasteiger charge is -2.09. The molecule has 4 nitrogen and oxygen atoms in total. The van der Waals surface area contributed by atoms with E-state index >= 15 is 0 Å². The highest BCUT2D eigenvalue weighted by Crippen LogP contribution is 2.44. The molecule has 0 unspecified atom stereocenters. The molecule has 0 saturated heterocycles. The molecule has 3 rings (SSSR count). The van der Waals surface area contributed by atoms with Gasteiger partial charge in [0.2, 0.25) is 0 Å². The molecule has 0 aliphatic heterocycles. The van der Waals surface area contributed by atoms with Crippen molar-refractivity contribution < 1.29 is 27.9 Å². The Balaban J connectivity index is 2.01. The molecule has 2 N–H and O–H groups in total. The Morgan fingerprint density at radius 3 is 2.14 bits per heavy atom. The van der Waals surface area contributed by atoms with Crippen LogP contribution >= 0.6 is 22.9 Å². The number of halogens is 4. The number of rotatable bonds is 4. The monoisotopic (exact) mass is 425 g/mol. The normalized spacial score (nSPS) is 11.3. The van der Waals surface area contributed by atoms with E-state index < -0.39 is 23.6 Å². The van der Waals surface area contributed by atoms with E-state index in [-0.39, 0.29) is 26.0 Å². The maximum Gasteiger partial charge on any atom is 0.416 e. The van der Waals surface area contributed by atoms with Gasteiger partial charge in [-0.25, -0.2) is 4.79 Å². The first-order valence-corrected chi connectivity index (χ1v) is 8.97. The van der Waals surface area contributed by atoms with Crippen LogP contribution in [0.4, 0.5) is 18.2 Å². The van der Waals surface area contributed by atoms with Crippen LogP contribution in [0.1, 0.15) is 26.3 Å². The quantitative estimate of drug-likeness (QED) is 0.535. The summed E-state index contributed by atoms with van der Waals surface area (Å²) in [6, 6.07) is 12.1. The molecular weight excluding hydrogens is 415 g/mol. The van der Waals surface area contributed by atoms with Gasteiger partial charge in [0.15, 0.2) is 0 Å². The minimum absolute atomic E-state index is 0.00116. The summed E-state index contributed by atoms with van der Waals surface area (Å²) in [6.07, 6.45) is -4.51. The zero-order valence-corrected chi connectivity index (χ0v) is 15.5. The van der Waals surface area contributed by atoms with E-state index in [0.717, 1.165) is 35.6 Å². The standard InChI is InChI=1S/C19H11ClF3NO3S/c20-15-13(10-6-8-12(9-7-10)19(21,22)23)14(18(26)27)17(28-15)24-16(25)11-4-2-1-3-5-11/h1-9H,(H,24,25)(H,26,27). The van der Waals surface area contributed by atoms with Crippen LogP contribution in [0.2, 0.25) is 4.34 Å². The molecular formula is C19H11ClF3NO3S. The van der Waals surface area contributed by atoms with Crippen molar-refractivity contribution in [2.75, 3.05) is 5.32 Å². The van der Waals surface area contributed by atoms with Gasteiger partial charge in [0.1, 0.15) is 14.9 Å². The number of carbonyl (C=O) groups excluding carboxylic acids is 1. The number of nitrogens with one attached hydrogen (secondary N) is 1. The minimum Gasteiger partial charge on any atom is -0.478 e. The number of hydrogen-bond donors (Lipinski definition) is 2. The van der Waals surface area contributed by atoms with Crippen molar-refractivity contribution in [2.45, 2.75) is 6.18 Å². The van der Waals surface area contributed by atoms with Crippen molar-refractivity contribution in [1.82, 2.24) is 0 Å². The summed E-state index contributed by atoms with van der Waals surface area (Å²) in [5.41, 5.74) is -0.571.